The van der Waals surface area contributed by atoms with Crippen LogP contribution in [0.25, 0.3) is 6.08 Å². The van der Waals surface area contributed by atoms with Gasteiger partial charge in [-0.2, -0.15) is 5.26 Å². The normalized spacial score (nSPS) is 14.8. The molecule has 8 heteroatoms. The molecule has 0 saturated carbocycles. The van der Waals surface area contributed by atoms with Gasteiger partial charge in [-0.1, -0.05) is 36.4 Å². The summed E-state index contributed by atoms with van der Waals surface area (Å²) < 4.78 is 5.33. The SMILES string of the molecule is N#CCOc1ccccc1/C=C1\SC(=O)N(CC(=O)Nc2ccccc2)C1=O. The molecule has 1 fully saturated rings. The maximum absolute atomic E-state index is 12.6. The number of hydrogen-bond donors (Lipinski definition) is 1. The van der Waals surface area contributed by atoms with Gasteiger partial charge in [0.2, 0.25) is 5.91 Å². The summed E-state index contributed by atoms with van der Waals surface area (Å²) in [5.74, 6) is -0.585. The van der Waals surface area contributed by atoms with Crippen LogP contribution in [0.15, 0.2) is 59.5 Å². The predicted octanol–water partition coefficient (Wildman–Crippen LogP) is 3.26. The van der Waals surface area contributed by atoms with Gasteiger partial charge in [0.15, 0.2) is 6.61 Å². The van der Waals surface area contributed by atoms with Crippen LogP contribution >= 0.6 is 11.8 Å². The fourth-order valence-electron chi connectivity index (χ4n) is 2.48. The molecule has 2 aromatic rings. The highest BCUT2D eigenvalue weighted by atomic mass is 32.2. The molecule has 7 nitrogen and oxygen atoms in total. The van der Waals surface area contributed by atoms with Gasteiger partial charge in [-0.05, 0) is 36.0 Å². The second-order valence-electron chi connectivity index (χ2n) is 5.67. The highest BCUT2D eigenvalue weighted by Crippen LogP contribution is 2.33. The zero-order valence-electron chi connectivity index (χ0n) is 14.6. The molecule has 140 valence electrons. The molecule has 1 heterocycles. The Hall–Kier alpha value is -3.57. The molecule has 28 heavy (non-hydrogen) atoms. The minimum atomic E-state index is -0.548. The lowest BCUT2D eigenvalue weighted by Crippen LogP contribution is -2.36. The number of thioether (sulfide) groups is 1. The van der Waals surface area contributed by atoms with E-state index in [9.17, 15) is 14.4 Å². The van der Waals surface area contributed by atoms with Gasteiger partial charge >= 0.3 is 0 Å². The molecule has 1 N–H and O–H groups in total. The summed E-state index contributed by atoms with van der Waals surface area (Å²) in [5.41, 5.74) is 1.15. The highest BCUT2D eigenvalue weighted by molar-refractivity contribution is 8.18. The number of rotatable bonds is 6. The molecule has 1 saturated heterocycles. The van der Waals surface area contributed by atoms with E-state index in [4.69, 9.17) is 10.00 Å². The van der Waals surface area contributed by atoms with Crippen LogP contribution in [0.5, 0.6) is 5.75 Å². The number of nitriles is 1. The highest BCUT2D eigenvalue weighted by Gasteiger charge is 2.36. The van der Waals surface area contributed by atoms with E-state index in [2.05, 4.69) is 5.32 Å². The number of carbonyl (C=O) groups is 3. The number of nitrogens with zero attached hydrogens (tertiary/aromatic N) is 2. The van der Waals surface area contributed by atoms with E-state index in [0.717, 1.165) is 16.7 Å². The van der Waals surface area contributed by atoms with Crippen molar-refractivity contribution >= 4 is 40.6 Å². The number of ether oxygens (including phenoxy) is 1. The van der Waals surface area contributed by atoms with Crippen LogP contribution < -0.4 is 10.1 Å². The number of carbonyl (C=O) groups excluding carboxylic acids is 3. The smallest absolute Gasteiger partial charge is 0.294 e. The van der Waals surface area contributed by atoms with Crippen LogP contribution in [0.2, 0.25) is 0 Å². The fourth-order valence-corrected chi connectivity index (χ4v) is 3.31. The first-order valence-corrected chi connectivity index (χ1v) is 9.09. The van der Waals surface area contributed by atoms with Crippen LogP contribution in [0, 0.1) is 11.3 Å². The Bertz CT molecular complexity index is 982. The first-order valence-electron chi connectivity index (χ1n) is 8.27. The van der Waals surface area contributed by atoms with E-state index < -0.39 is 17.1 Å². The zero-order chi connectivity index (χ0) is 19.9. The lowest BCUT2D eigenvalue weighted by molar-refractivity contribution is -0.127. The van der Waals surface area contributed by atoms with Crippen molar-refractivity contribution in [3.63, 3.8) is 0 Å². The Morgan fingerprint density at radius 1 is 1.14 bits per heavy atom. The Kier molecular flexibility index (Phi) is 6.09. The summed E-state index contributed by atoms with van der Waals surface area (Å²) in [7, 11) is 0. The van der Waals surface area contributed by atoms with Gasteiger partial charge in [0.25, 0.3) is 11.1 Å². The van der Waals surface area contributed by atoms with Gasteiger partial charge < -0.3 is 10.1 Å². The molecule has 0 aliphatic carbocycles. The van der Waals surface area contributed by atoms with Crippen molar-refractivity contribution in [2.24, 2.45) is 0 Å². The minimum Gasteiger partial charge on any atom is -0.478 e. The molecule has 0 spiro atoms. The topological polar surface area (TPSA) is 99.5 Å². The second-order valence-corrected chi connectivity index (χ2v) is 6.66. The molecule has 3 rings (SSSR count). The van der Waals surface area contributed by atoms with Crippen LogP contribution in [0.3, 0.4) is 0 Å². The third kappa shape index (κ3) is 4.58. The summed E-state index contributed by atoms with van der Waals surface area (Å²) in [6, 6.07) is 17.5. The summed E-state index contributed by atoms with van der Waals surface area (Å²) in [4.78, 5) is 38.0. The van der Waals surface area contributed by atoms with Gasteiger partial charge in [0.1, 0.15) is 18.4 Å². The maximum atomic E-state index is 12.6. The first-order chi connectivity index (χ1) is 13.6. The lowest BCUT2D eigenvalue weighted by Gasteiger charge is -2.12. The molecule has 0 atom stereocenters. The fraction of sp³-hybridized carbons (Fsp3) is 0.100. The zero-order valence-corrected chi connectivity index (χ0v) is 15.4. The molecule has 1 aliphatic rings. The van der Waals surface area contributed by atoms with Crippen LogP contribution in [0.4, 0.5) is 10.5 Å². The Balaban J connectivity index is 1.72. The first kappa shape index (κ1) is 19.2. The van der Waals surface area contributed by atoms with E-state index in [1.54, 1.807) is 48.5 Å². The van der Waals surface area contributed by atoms with E-state index in [1.807, 2.05) is 12.1 Å². The van der Waals surface area contributed by atoms with Crippen LogP contribution in [0.1, 0.15) is 5.56 Å². The third-order valence-corrected chi connectivity index (χ3v) is 4.64. The average Bonchev–Trinajstić information content (AvgIpc) is 2.95. The largest absolute Gasteiger partial charge is 0.478 e. The van der Waals surface area contributed by atoms with Crippen molar-refractivity contribution in [3.05, 3.63) is 65.1 Å². The molecule has 1 aliphatic heterocycles. The van der Waals surface area contributed by atoms with Crippen molar-refractivity contribution in [3.8, 4) is 11.8 Å². The third-order valence-electron chi connectivity index (χ3n) is 3.73. The summed E-state index contributed by atoms with van der Waals surface area (Å²) in [6.45, 7) is -0.504. The van der Waals surface area contributed by atoms with E-state index in [0.29, 0.717) is 17.0 Å². The summed E-state index contributed by atoms with van der Waals surface area (Å²) in [6.07, 6.45) is 1.52. The average molecular weight is 393 g/mol. The molecule has 0 unspecified atom stereocenters. The molecule has 0 aromatic heterocycles. The van der Waals surface area contributed by atoms with E-state index >= 15 is 0 Å². The molecule has 2 aromatic carbocycles. The van der Waals surface area contributed by atoms with Gasteiger partial charge in [-0.3, -0.25) is 19.3 Å². The molecule has 0 bridgehead atoms. The number of hydrogen-bond acceptors (Lipinski definition) is 6. The summed E-state index contributed by atoms with van der Waals surface area (Å²) >= 11 is 0.755. The van der Waals surface area contributed by atoms with Gasteiger partial charge in [-0.25, -0.2) is 0 Å². The van der Waals surface area contributed by atoms with E-state index in [-0.39, 0.29) is 18.1 Å². The predicted molar refractivity (Wildman–Crippen MR) is 105 cm³/mol. The standard InChI is InChI=1S/C20H15N3O4S/c21-10-11-27-16-9-5-4-6-14(16)12-17-19(25)23(20(26)28-17)13-18(24)22-15-7-2-1-3-8-15/h1-9,12H,11,13H2,(H,22,24)/b17-12-. The number of imide groups is 1. The van der Waals surface area contributed by atoms with Crippen molar-refractivity contribution in [2.45, 2.75) is 0 Å². The van der Waals surface area contributed by atoms with Crippen LogP contribution in [-0.4, -0.2) is 35.1 Å². The minimum absolute atomic E-state index is 0.133. The quantitative estimate of drug-likeness (QED) is 0.756. The molecular formula is C20H15N3O4S. The van der Waals surface area contributed by atoms with Crippen molar-refractivity contribution in [1.82, 2.24) is 4.90 Å². The number of nitrogens with one attached hydrogen (secondary N) is 1. The Morgan fingerprint density at radius 3 is 2.61 bits per heavy atom. The lowest BCUT2D eigenvalue weighted by atomic mass is 10.2. The molecule has 0 radical (unpaired) electrons. The number of anilines is 1. The van der Waals surface area contributed by atoms with Crippen molar-refractivity contribution in [1.29, 1.82) is 5.26 Å². The van der Waals surface area contributed by atoms with Crippen molar-refractivity contribution in [2.75, 3.05) is 18.5 Å². The van der Waals surface area contributed by atoms with E-state index in [1.165, 1.54) is 6.08 Å². The number of benzene rings is 2. The van der Waals surface area contributed by atoms with Crippen molar-refractivity contribution < 1.29 is 19.1 Å². The monoisotopic (exact) mass is 393 g/mol. The number of para-hydroxylation sites is 2. The van der Waals surface area contributed by atoms with Gasteiger partial charge in [0, 0.05) is 11.3 Å². The molecular weight excluding hydrogens is 378 g/mol. The number of amides is 3. The molecule has 3 amide bonds. The van der Waals surface area contributed by atoms with Gasteiger partial charge in [0.05, 0.1) is 4.91 Å². The Labute approximate surface area is 165 Å². The summed E-state index contributed by atoms with van der Waals surface area (Å²) in [5, 5.41) is 10.8. The second kappa shape index (κ2) is 8.88. The maximum Gasteiger partial charge on any atom is 0.294 e. The van der Waals surface area contributed by atoms with Gasteiger partial charge in [-0.15, -0.1) is 0 Å². The van der Waals surface area contributed by atoms with Crippen LogP contribution in [-0.2, 0) is 9.59 Å². The Morgan fingerprint density at radius 2 is 1.86 bits per heavy atom.